The van der Waals surface area contributed by atoms with Crippen molar-refractivity contribution < 1.29 is 0 Å². The lowest BCUT2D eigenvalue weighted by Gasteiger charge is -2.12. The molecule has 0 unspecified atom stereocenters. The van der Waals surface area contributed by atoms with Crippen molar-refractivity contribution in [3.63, 3.8) is 0 Å². The summed E-state index contributed by atoms with van der Waals surface area (Å²) in [6.07, 6.45) is 0. The number of nitrogens with two attached hydrogens (primary N) is 1. The van der Waals surface area contributed by atoms with Crippen LogP contribution in [-0.2, 0) is 0 Å². The van der Waals surface area contributed by atoms with Crippen LogP contribution < -0.4 is 5.73 Å². The Labute approximate surface area is 141 Å². The number of fused-ring (bicyclic) bond motifs is 1. The summed E-state index contributed by atoms with van der Waals surface area (Å²) in [7, 11) is 0. The van der Waals surface area contributed by atoms with Gasteiger partial charge in [0.05, 0.1) is 5.52 Å². The van der Waals surface area contributed by atoms with E-state index in [-0.39, 0.29) is 18.4 Å². The largest absolute Gasteiger partial charge is 0.327 e. The normalized spacial score (nSPS) is 11.9. The second-order valence-electron chi connectivity index (χ2n) is 5.19. The van der Waals surface area contributed by atoms with Crippen LogP contribution in [0.1, 0.15) is 6.92 Å². The van der Waals surface area contributed by atoms with Crippen LogP contribution in [0.5, 0.6) is 0 Å². The predicted molar refractivity (Wildman–Crippen MR) is 98.8 cm³/mol. The van der Waals surface area contributed by atoms with Crippen molar-refractivity contribution in [2.24, 2.45) is 5.73 Å². The van der Waals surface area contributed by atoms with Crippen molar-refractivity contribution in [3.05, 3.63) is 60.7 Å². The van der Waals surface area contributed by atoms with E-state index in [1.165, 1.54) is 16.5 Å². The van der Waals surface area contributed by atoms with Gasteiger partial charge in [0.25, 0.3) is 0 Å². The first-order valence-electron chi connectivity index (χ1n) is 7.07. The fourth-order valence-corrected chi connectivity index (χ4v) is 3.16. The summed E-state index contributed by atoms with van der Waals surface area (Å²) in [5.74, 6) is 0.866. The number of pyridine rings is 1. The highest BCUT2D eigenvalue weighted by molar-refractivity contribution is 7.99. The molecule has 0 saturated heterocycles. The summed E-state index contributed by atoms with van der Waals surface area (Å²) in [5.41, 5.74) is 9.30. The number of hydrogen-bond acceptors (Lipinski definition) is 3. The van der Waals surface area contributed by atoms with Gasteiger partial charge in [0.2, 0.25) is 0 Å². The van der Waals surface area contributed by atoms with E-state index in [0.29, 0.717) is 0 Å². The molecule has 2 N–H and O–H groups in total. The van der Waals surface area contributed by atoms with E-state index in [1.807, 2.05) is 25.1 Å². The Balaban J connectivity index is 0.00000176. The van der Waals surface area contributed by atoms with Gasteiger partial charge in [-0.25, -0.2) is 4.98 Å². The first-order valence-corrected chi connectivity index (χ1v) is 8.06. The third-order valence-electron chi connectivity index (χ3n) is 3.26. The summed E-state index contributed by atoms with van der Waals surface area (Å²) in [4.78, 5) is 4.83. The van der Waals surface area contributed by atoms with Gasteiger partial charge in [-0.05, 0) is 24.6 Å². The van der Waals surface area contributed by atoms with Crippen LogP contribution in [-0.4, -0.2) is 16.8 Å². The van der Waals surface area contributed by atoms with E-state index in [2.05, 4.69) is 42.5 Å². The minimum atomic E-state index is 0. The molecule has 1 aromatic heterocycles. The second kappa shape index (κ2) is 7.63. The molecule has 3 aromatic rings. The number of thioether (sulfide) groups is 1. The van der Waals surface area contributed by atoms with Gasteiger partial charge in [-0.2, -0.15) is 0 Å². The number of hydrogen-bond donors (Lipinski definition) is 1. The van der Waals surface area contributed by atoms with Crippen LogP contribution in [0.25, 0.3) is 22.0 Å². The van der Waals surface area contributed by atoms with Gasteiger partial charge in [-0.15, -0.1) is 24.2 Å². The maximum absolute atomic E-state index is 5.89. The molecule has 0 amide bonds. The molecule has 0 saturated carbocycles. The Morgan fingerprint density at radius 2 is 1.73 bits per heavy atom. The summed E-state index contributed by atoms with van der Waals surface area (Å²) in [6.45, 7) is 2.02. The fourth-order valence-electron chi connectivity index (χ4n) is 2.24. The highest BCUT2D eigenvalue weighted by Gasteiger charge is 2.10. The molecule has 4 heteroatoms. The molecule has 22 heavy (non-hydrogen) atoms. The first kappa shape index (κ1) is 16.8. The Morgan fingerprint density at radius 3 is 2.45 bits per heavy atom. The quantitative estimate of drug-likeness (QED) is 0.701. The number of halogens is 1. The monoisotopic (exact) mass is 330 g/mol. The van der Waals surface area contributed by atoms with Gasteiger partial charge in [0, 0.05) is 22.7 Å². The summed E-state index contributed by atoms with van der Waals surface area (Å²) in [5, 5.41) is 2.22. The van der Waals surface area contributed by atoms with Crippen molar-refractivity contribution in [1.82, 2.24) is 4.98 Å². The van der Waals surface area contributed by atoms with Gasteiger partial charge >= 0.3 is 0 Å². The van der Waals surface area contributed by atoms with Gasteiger partial charge in [0.1, 0.15) is 5.03 Å². The molecule has 2 nitrogen and oxygen atoms in total. The molecule has 0 aliphatic rings. The zero-order valence-electron chi connectivity index (χ0n) is 12.4. The van der Waals surface area contributed by atoms with Crippen LogP contribution in [0.3, 0.4) is 0 Å². The molecule has 1 heterocycles. The zero-order valence-corrected chi connectivity index (χ0v) is 14.0. The van der Waals surface area contributed by atoms with E-state index >= 15 is 0 Å². The highest BCUT2D eigenvalue weighted by atomic mass is 35.5. The van der Waals surface area contributed by atoms with E-state index < -0.39 is 0 Å². The molecule has 1 atom stereocenters. The lowest BCUT2D eigenvalue weighted by molar-refractivity contribution is 0.846. The molecule has 0 aliphatic carbocycles. The van der Waals surface area contributed by atoms with Gasteiger partial charge < -0.3 is 5.73 Å². The summed E-state index contributed by atoms with van der Waals surface area (Å²) < 4.78 is 0. The molecular weight excluding hydrogens is 312 g/mol. The average molecular weight is 331 g/mol. The second-order valence-corrected chi connectivity index (χ2v) is 6.20. The van der Waals surface area contributed by atoms with Crippen molar-refractivity contribution >= 4 is 35.1 Å². The van der Waals surface area contributed by atoms with Crippen LogP contribution in [0.4, 0.5) is 0 Å². The Bertz CT molecular complexity index is 744. The lowest BCUT2D eigenvalue weighted by atomic mass is 10.1. The maximum Gasteiger partial charge on any atom is 0.105 e. The Morgan fingerprint density at radius 1 is 1.05 bits per heavy atom. The number of aromatic nitrogens is 1. The topological polar surface area (TPSA) is 38.9 Å². The number of rotatable bonds is 4. The van der Waals surface area contributed by atoms with E-state index in [0.717, 1.165) is 16.3 Å². The third kappa shape index (κ3) is 3.80. The first-order chi connectivity index (χ1) is 10.2. The van der Waals surface area contributed by atoms with Crippen molar-refractivity contribution in [1.29, 1.82) is 0 Å². The minimum absolute atomic E-state index is 0. The van der Waals surface area contributed by atoms with Crippen molar-refractivity contribution in [2.45, 2.75) is 18.0 Å². The fraction of sp³-hybridized carbons (Fsp3) is 0.167. The minimum Gasteiger partial charge on any atom is -0.327 e. The maximum atomic E-state index is 5.89. The van der Waals surface area contributed by atoms with Gasteiger partial charge in [-0.1, -0.05) is 48.5 Å². The van der Waals surface area contributed by atoms with Crippen molar-refractivity contribution in [2.75, 3.05) is 5.75 Å². The van der Waals surface area contributed by atoms with Gasteiger partial charge in [0.15, 0.2) is 0 Å². The third-order valence-corrected chi connectivity index (χ3v) is 4.53. The molecule has 114 valence electrons. The SMILES string of the molecule is C[C@H](N)CSc1nc2ccccc2cc1-c1ccccc1.Cl. The standard InChI is InChI=1S/C18H18N2S.ClH/c1-13(19)12-21-18-16(14-7-3-2-4-8-14)11-15-9-5-6-10-17(15)20-18;/h2-11,13H,12,19H2,1H3;1H/t13-;/m0./s1. The molecule has 3 rings (SSSR count). The molecule has 0 bridgehead atoms. The number of nitrogens with zero attached hydrogens (tertiary/aromatic N) is 1. The zero-order chi connectivity index (χ0) is 14.7. The molecule has 0 aliphatic heterocycles. The molecular formula is C18H19ClN2S. The highest BCUT2D eigenvalue weighted by Crippen LogP contribution is 2.32. The molecule has 0 spiro atoms. The smallest absolute Gasteiger partial charge is 0.105 e. The van der Waals surface area contributed by atoms with Crippen LogP contribution in [0, 0.1) is 0 Å². The van der Waals surface area contributed by atoms with E-state index in [1.54, 1.807) is 11.8 Å². The molecule has 0 fully saturated rings. The van der Waals surface area contributed by atoms with E-state index in [9.17, 15) is 0 Å². The molecule has 0 radical (unpaired) electrons. The van der Waals surface area contributed by atoms with E-state index in [4.69, 9.17) is 10.7 Å². The summed E-state index contributed by atoms with van der Waals surface area (Å²) in [6, 6.07) is 21.0. The Hall–Kier alpha value is -1.55. The van der Waals surface area contributed by atoms with Crippen molar-refractivity contribution in [3.8, 4) is 11.1 Å². The average Bonchev–Trinajstić information content (AvgIpc) is 2.53. The predicted octanol–water partition coefficient (Wildman–Crippen LogP) is 4.76. The molecule has 2 aromatic carbocycles. The number of benzene rings is 2. The van der Waals surface area contributed by atoms with Crippen LogP contribution >= 0.6 is 24.2 Å². The Kier molecular flexibility index (Phi) is 5.83. The summed E-state index contributed by atoms with van der Waals surface area (Å²) >= 11 is 1.73. The number of para-hydroxylation sites is 1. The van der Waals surface area contributed by atoms with Crippen LogP contribution in [0.2, 0.25) is 0 Å². The lowest BCUT2D eigenvalue weighted by Crippen LogP contribution is -2.17. The van der Waals surface area contributed by atoms with Crippen LogP contribution in [0.15, 0.2) is 65.7 Å². The van der Waals surface area contributed by atoms with Gasteiger partial charge in [-0.3, -0.25) is 0 Å².